The fourth-order valence-electron chi connectivity index (χ4n) is 2.48. The van der Waals surface area contributed by atoms with Crippen LogP contribution in [0, 0.1) is 0 Å². The molecule has 1 aliphatic rings. The molecular formula is C16H29NO3. The first-order chi connectivity index (χ1) is 9.74. The summed E-state index contributed by atoms with van der Waals surface area (Å²) in [5.41, 5.74) is 0. The topological polar surface area (TPSA) is 55.4 Å². The second kappa shape index (κ2) is 10.7. The van der Waals surface area contributed by atoms with E-state index in [4.69, 9.17) is 4.74 Å². The first kappa shape index (κ1) is 17.0. The third-order valence-corrected chi connectivity index (χ3v) is 3.77. The first-order valence-corrected chi connectivity index (χ1v) is 8.20. The quantitative estimate of drug-likeness (QED) is 0.467. The Kier molecular flexibility index (Phi) is 9.09. The van der Waals surface area contributed by atoms with Gasteiger partial charge in [0.1, 0.15) is 6.04 Å². The van der Waals surface area contributed by atoms with Crippen molar-refractivity contribution < 1.29 is 14.3 Å². The number of amides is 1. The van der Waals surface area contributed by atoms with Crippen LogP contribution in [0.2, 0.25) is 0 Å². The van der Waals surface area contributed by atoms with Crippen molar-refractivity contribution in [2.75, 3.05) is 6.61 Å². The van der Waals surface area contributed by atoms with Crippen molar-refractivity contribution in [1.82, 2.24) is 5.32 Å². The molecule has 116 valence electrons. The van der Waals surface area contributed by atoms with Gasteiger partial charge in [-0.25, -0.2) is 4.79 Å². The van der Waals surface area contributed by atoms with E-state index in [1.165, 1.54) is 44.9 Å². The Morgan fingerprint density at radius 2 is 1.70 bits per heavy atom. The van der Waals surface area contributed by atoms with Gasteiger partial charge in [-0.05, 0) is 12.8 Å². The van der Waals surface area contributed by atoms with Crippen molar-refractivity contribution in [3.63, 3.8) is 0 Å². The number of unbranched alkanes of at least 4 members (excludes halogenated alkanes) is 8. The summed E-state index contributed by atoms with van der Waals surface area (Å²) >= 11 is 0. The molecule has 1 rings (SSSR count). The highest BCUT2D eigenvalue weighted by Crippen LogP contribution is 2.11. The van der Waals surface area contributed by atoms with Gasteiger partial charge in [0.05, 0.1) is 6.61 Å². The fourth-order valence-corrected chi connectivity index (χ4v) is 2.48. The van der Waals surface area contributed by atoms with Crippen LogP contribution >= 0.6 is 0 Å². The Morgan fingerprint density at radius 1 is 1.10 bits per heavy atom. The van der Waals surface area contributed by atoms with Crippen molar-refractivity contribution in [3.05, 3.63) is 0 Å². The van der Waals surface area contributed by atoms with Gasteiger partial charge in [-0.15, -0.1) is 0 Å². The molecule has 20 heavy (non-hydrogen) atoms. The molecule has 1 heterocycles. The number of hydrogen-bond donors (Lipinski definition) is 1. The summed E-state index contributed by atoms with van der Waals surface area (Å²) in [5.74, 6) is -0.314. The van der Waals surface area contributed by atoms with Crippen molar-refractivity contribution in [2.45, 2.75) is 83.6 Å². The van der Waals surface area contributed by atoms with E-state index in [-0.39, 0.29) is 11.9 Å². The van der Waals surface area contributed by atoms with Crippen molar-refractivity contribution in [1.29, 1.82) is 0 Å². The first-order valence-electron chi connectivity index (χ1n) is 8.20. The molecule has 1 atom stereocenters. The van der Waals surface area contributed by atoms with Gasteiger partial charge in [0.15, 0.2) is 0 Å². The molecule has 1 fully saturated rings. The lowest BCUT2D eigenvalue weighted by molar-refractivity contribution is -0.146. The van der Waals surface area contributed by atoms with E-state index in [1.807, 2.05) is 0 Å². The van der Waals surface area contributed by atoms with Crippen LogP contribution in [0.4, 0.5) is 0 Å². The van der Waals surface area contributed by atoms with Crippen LogP contribution in [-0.2, 0) is 14.3 Å². The van der Waals surface area contributed by atoms with Crippen molar-refractivity contribution in [3.8, 4) is 0 Å². The number of ether oxygens (including phenoxy) is 1. The van der Waals surface area contributed by atoms with Crippen LogP contribution in [0.15, 0.2) is 0 Å². The zero-order chi connectivity index (χ0) is 14.6. The maximum absolute atomic E-state index is 11.6. The van der Waals surface area contributed by atoms with Gasteiger partial charge in [0, 0.05) is 6.42 Å². The highest BCUT2D eigenvalue weighted by molar-refractivity contribution is 5.87. The van der Waals surface area contributed by atoms with E-state index >= 15 is 0 Å². The zero-order valence-electron chi connectivity index (χ0n) is 12.8. The molecule has 0 spiro atoms. The number of esters is 1. The van der Waals surface area contributed by atoms with E-state index < -0.39 is 6.04 Å². The Morgan fingerprint density at radius 3 is 2.25 bits per heavy atom. The normalized spacial score (nSPS) is 18.1. The van der Waals surface area contributed by atoms with Crippen LogP contribution in [0.1, 0.15) is 77.6 Å². The predicted molar refractivity (Wildman–Crippen MR) is 79.4 cm³/mol. The summed E-state index contributed by atoms with van der Waals surface area (Å²) in [5, 5.41) is 2.63. The molecule has 0 radical (unpaired) electrons. The molecule has 4 heteroatoms. The van der Waals surface area contributed by atoms with Crippen LogP contribution in [0.25, 0.3) is 0 Å². The molecule has 0 saturated carbocycles. The zero-order valence-corrected chi connectivity index (χ0v) is 12.8. The van der Waals surface area contributed by atoms with Gasteiger partial charge >= 0.3 is 5.97 Å². The SMILES string of the molecule is CCCCCCCCCCCOC(=O)C1CCC(=O)N1. The van der Waals surface area contributed by atoms with Gasteiger partial charge in [0.25, 0.3) is 0 Å². The summed E-state index contributed by atoms with van der Waals surface area (Å²) < 4.78 is 5.18. The molecule has 1 unspecified atom stereocenters. The Hall–Kier alpha value is -1.06. The minimum atomic E-state index is -0.402. The standard InChI is InChI=1S/C16H29NO3/c1-2-3-4-5-6-7-8-9-10-13-20-16(19)14-11-12-15(18)17-14/h14H,2-13H2,1H3,(H,17,18). The Bertz CT molecular complexity index is 291. The second-order valence-electron chi connectivity index (χ2n) is 5.65. The van der Waals surface area contributed by atoms with Gasteiger partial charge < -0.3 is 10.1 Å². The van der Waals surface area contributed by atoms with E-state index in [2.05, 4.69) is 12.2 Å². The van der Waals surface area contributed by atoms with Crippen molar-refractivity contribution >= 4 is 11.9 Å². The molecular weight excluding hydrogens is 254 g/mol. The molecule has 0 bridgehead atoms. The Balaban J connectivity index is 1.85. The molecule has 1 amide bonds. The maximum Gasteiger partial charge on any atom is 0.328 e. The number of nitrogens with one attached hydrogen (secondary N) is 1. The monoisotopic (exact) mass is 283 g/mol. The summed E-state index contributed by atoms with van der Waals surface area (Å²) in [4.78, 5) is 22.6. The van der Waals surface area contributed by atoms with Crippen LogP contribution in [-0.4, -0.2) is 24.5 Å². The lowest BCUT2D eigenvalue weighted by atomic mass is 10.1. The van der Waals surface area contributed by atoms with Crippen LogP contribution < -0.4 is 5.32 Å². The highest BCUT2D eigenvalue weighted by atomic mass is 16.5. The van der Waals surface area contributed by atoms with Gasteiger partial charge in [0.2, 0.25) is 5.91 Å². The van der Waals surface area contributed by atoms with E-state index in [9.17, 15) is 9.59 Å². The average Bonchev–Trinajstić information content (AvgIpc) is 2.87. The summed E-state index contributed by atoms with van der Waals surface area (Å²) in [6.45, 7) is 2.72. The molecule has 0 aromatic rings. The van der Waals surface area contributed by atoms with Crippen LogP contribution in [0.3, 0.4) is 0 Å². The van der Waals surface area contributed by atoms with Gasteiger partial charge in [-0.1, -0.05) is 58.3 Å². The van der Waals surface area contributed by atoms with E-state index in [1.54, 1.807) is 0 Å². The molecule has 1 N–H and O–H groups in total. The number of rotatable bonds is 11. The largest absolute Gasteiger partial charge is 0.464 e. The molecule has 4 nitrogen and oxygen atoms in total. The minimum absolute atomic E-state index is 0.0463. The van der Waals surface area contributed by atoms with E-state index in [0.29, 0.717) is 19.4 Å². The fraction of sp³-hybridized carbons (Fsp3) is 0.875. The van der Waals surface area contributed by atoms with E-state index in [0.717, 1.165) is 12.8 Å². The smallest absolute Gasteiger partial charge is 0.328 e. The molecule has 0 aromatic carbocycles. The second-order valence-corrected chi connectivity index (χ2v) is 5.65. The number of hydrogen-bond acceptors (Lipinski definition) is 3. The minimum Gasteiger partial charge on any atom is -0.464 e. The number of carbonyl (C=O) groups excluding carboxylic acids is 2. The van der Waals surface area contributed by atoms with Crippen molar-refractivity contribution in [2.24, 2.45) is 0 Å². The average molecular weight is 283 g/mol. The number of carbonyl (C=O) groups is 2. The molecule has 0 aliphatic carbocycles. The predicted octanol–water partition coefficient (Wildman–Crippen LogP) is 3.34. The third kappa shape index (κ3) is 7.51. The lowest BCUT2D eigenvalue weighted by Gasteiger charge is -2.09. The molecule has 0 aromatic heterocycles. The van der Waals surface area contributed by atoms with Crippen LogP contribution in [0.5, 0.6) is 0 Å². The maximum atomic E-state index is 11.6. The summed E-state index contributed by atoms with van der Waals surface area (Å²) in [6, 6.07) is -0.402. The third-order valence-electron chi connectivity index (χ3n) is 3.77. The Labute approximate surface area is 122 Å². The summed E-state index contributed by atoms with van der Waals surface area (Å²) in [6.07, 6.45) is 12.3. The molecule has 1 aliphatic heterocycles. The highest BCUT2D eigenvalue weighted by Gasteiger charge is 2.28. The lowest BCUT2D eigenvalue weighted by Crippen LogP contribution is -2.34. The summed E-state index contributed by atoms with van der Waals surface area (Å²) in [7, 11) is 0. The van der Waals surface area contributed by atoms with Gasteiger partial charge in [-0.2, -0.15) is 0 Å². The van der Waals surface area contributed by atoms with Gasteiger partial charge in [-0.3, -0.25) is 4.79 Å². The molecule has 1 saturated heterocycles.